The molecule has 0 aliphatic carbocycles. The van der Waals surface area contributed by atoms with E-state index in [9.17, 15) is 14.4 Å². The fraction of sp³-hybridized carbons (Fsp3) is 0.550. The van der Waals surface area contributed by atoms with Gasteiger partial charge in [-0.2, -0.15) is 0 Å². The van der Waals surface area contributed by atoms with Gasteiger partial charge in [0.25, 0.3) is 11.8 Å². The Balaban J connectivity index is 1.79. The van der Waals surface area contributed by atoms with Crippen molar-refractivity contribution in [2.45, 2.75) is 20.3 Å². The Morgan fingerprint density at radius 2 is 1.71 bits per heavy atom. The number of nitrogens with one attached hydrogen (secondary N) is 1. The normalized spacial score (nSPS) is 18.9. The molecule has 2 atom stereocenters. The fourth-order valence-electron chi connectivity index (χ4n) is 3.38. The van der Waals surface area contributed by atoms with Crippen molar-refractivity contribution < 1.29 is 28.6 Å². The maximum atomic E-state index is 12.2. The van der Waals surface area contributed by atoms with Crippen LogP contribution in [0.4, 0.5) is 0 Å². The minimum Gasteiger partial charge on any atom is -0.493 e. The van der Waals surface area contributed by atoms with Crippen LogP contribution in [0, 0.1) is 11.8 Å². The van der Waals surface area contributed by atoms with Gasteiger partial charge < -0.3 is 24.4 Å². The molecule has 154 valence electrons. The van der Waals surface area contributed by atoms with Gasteiger partial charge in [-0.1, -0.05) is 13.8 Å². The molecule has 28 heavy (non-hydrogen) atoms. The summed E-state index contributed by atoms with van der Waals surface area (Å²) >= 11 is 0. The summed E-state index contributed by atoms with van der Waals surface area (Å²) in [5.41, 5.74) is 0.317. The van der Waals surface area contributed by atoms with E-state index in [0.29, 0.717) is 42.0 Å². The van der Waals surface area contributed by atoms with Crippen LogP contribution in [0.2, 0.25) is 0 Å². The van der Waals surface area contributed by atoms with E-state index >= 15 is 0 Å². The number of ether oxygens (including phenoxy) is 3. The Hall–Kier alpha value is -2.77. The molecule has 0 bridgehead atoms. The maximum absolute atomic E-state index is 12.2. The molecule has 0 aromatic heterocycles. The van der Waals surface area contributed by atoms with Gasteiger partial charge in [-0.05, 0) is 36.5 Å². The first-order valence-electron chi connectivity index (χ1n) is 9.27. The van der Waals surface area contributed by atoms with Crippen molar-refractivity contribution in [1.29, 1.82) is 0 Å². The number of carbonyl (C=O) groups excluding carboxylic acids is 3. The number of likely N-dealkylation sites (tertiary alicyclic amines) is 1. The molecule has 1 fully saturated rings. The molecule has 0 spiro atoms. The third-order valence-corrected chi connectivity index (χ3v) is 4.62. The molecular formula is C20H28N2O6. The second-order valence-corrected chi connectivity index (χ2v) is 7.16. The van der Waals surface area contributed by atoms with Crippen LogP contribution >= 0.6 is 0 Å². The minimum atomic E-state index is -0.666. The number of benzene rings is 1. The molecule has 2 rings (SSSR count). The standard InChI is InChI=1S/C20H28N2O6/c1-13-7-14(2)11-22(10-13)18(23)12-28-19(24)9-21-20(25)15-5-6-16(26-3)17(8-15)27-4/h5-6,8,13-14H,7,9-12H2,1-4H3,(H,21,25). The van der Waals surface area contributed by atoms with Crippen LogP contribution in [-0.2, 0) is 14.3 Å². The summed E-state index contributed by atoms with van der Waals surface area (Å²) in [6, 6.07) is 4.68. The van der Waals surface area contributed by atoms with Gasteiger partial charge in [0.2, 0.25) is 0 Å². The van der Waals surface area contributed by atoms with Gasteiger partial charge in [0.05, 0.1) is 14.2 Å². The van der Waals surface area contributed by atoms with Gasteiger partial charge in [0, 0.05) is 18.7 Å². The zero-order chi connectivity index (χ0) is 20.7. The zero-order valence-corrected chi connectivity index (χ0v) is 16.8. The van der Waals surface area contributed by atoms with Crippen LogP contribution in [0.3, 0.4) is 0 Å². The first kappa shape index (κ1) is 21.5. The number of amides is 2. The van der Waals surface area contributed by atoms with E-state index in [1.165, 1.54) is 20.3 Å². The summed E-state index contributed by atoms with van der Waals surface area (Å²) in [7, 11) is 2.97. The highest BCUT2D eigenvalue weighted by atomic mass is 16.5. The Kier molecular flexibility index (Phi) is 7.66. The predicted molar refractivity (Wildman–Crippen MR) is 102 cm³/mol. The Labute approximate surface area is 165 Å². The highest BCUT2D eigenvalue weighted by molar-refractivity contribution is 5.96. The Bertz CT molecular complexity index is 711. The van der Waals surface area contributed by atoms with E-state index in [4.69, 9.17) is 14.2 Å². The Morgan fingerprint density at radius 1 is 1.07 bits per heavy atom. The van der Waals surface area contributed by atoms with Crippen molar-refractivity contribution in [3.05, 3.63) is 23.8 Å². The number of carbonyl (C=O) groups is 3. The van der Waals surface area contributed by atoms with Crippen molar-refractivity contribution in [1.82, 2.24) is 10.2 Å². The average Bonchev–Trinajstić information content (AvgIpc) is 2.68. The third-order valence-electron chi connectivity index (χ3n) is 4.62. The lowest BCUT2D eigenvalue weighted by atomic mass is 9.92. The van der Waals surface area contributed by atoms with E-state index < -0.39 is 11.9 Å². The smallest absolute Gasteiger partial charge is 0.325 e. The Morgan fingerprint density at radius 3 is 2.32 bits per heavy atom. The molecule has 1 heterocycles. The van der Waals surface area contributed by atoms with Gasteiger partial charge in [0.1, 0.15) is 6.54 Å². The maximum Gasteiger partial charge on any atom is 0.325 e. The van der Waals surface area contributed by atoms with Gasteiger partial charge in [-0.15, -0.1) is 0 Å². The monoisotopic (exact) mass is 392 g/mol. The molecule has 1 aromatic carbocycles. The van der Waals surface area contributed by atoms with Gasteiger partial charge >= 0.3 is 5.97 Å². The highest BCUT2D eigenvalue weighted by Crippen LogP contribution is 2.27. The molecule has 1 aliphatic rings. The lowest BCUT2D eigenvalue weighted by molar-refractivity contribution is -0.152. The number of piperidine rings is 1. The van der Waals surface area contributed by atoms with Crippen LogP contribution < -0.4 is 14.8 Å². The lowest BCUT2D eigenvalue weighted by Gasteiger charge is -2.34. The van der Waals surface area contributed by atoms with E-state index in [2.05, 4.69) is 19.2 Å². The molecule has 1 aromatic rings. The quantitative estimate of drug-likeness (QED) is 0.707. The molecule has 1 saturated heterocycles. The van der Waals surface area contributed by atoms with Crippen LogP contribution in [0.5, 0.6) is 11.5 Å². The topological polar surface area (TPSA) is 94.2 Å². The van der Waals surface area contributed by atoms with Gasteiger partial charge in [-0.3, -0.25) is 14.4 Å². The van der Waals surface area contributed by atoms with Crippen LogP contribution in [0.25, 0.3) is 0 Å². The molecule has 1 aliphatic heterocycles. The summed E-state index contributed by atoms with van der Waals surface area (Å²) in [4.78, 5) is 38.0. The number of methoxy groups -OCH3 is 2. The molecule has 2 unspecified atom stereocenters. The molecule has 0 radical (unpaired) electrons. The number of rotatable bonds is 7. The SMILES string of the molecule is COc1ccc(C(=O)NCC(=O)OCC(=O)N2CC(C)CC(C)C2)cc1OC. The minimum absolute atomic E-state index is 0.210. The summed E-state index contributed by atoms with van der Waals surface area (Å²) in [5, 5.41) is 2.47. The van der Waals surface area contributed by atoms with E-state index in [-0.39, 0.29) is 19.1 Å². The fourth-order valence-corrected chi connectivity index (χ4v) is 3.38. The molecule has 8 heteroatoms. The number of hydrogen-bond donors (Lipinski definition) is 1. The van der Waals surface area contributed by atoms with Gasteiger partial charge in [0.15, 0.2) is 18.1 Å². The first-order valence-corrected chi connectivity index (χ1v) is 9.27. The van der Waals surface area contributed by atoms with E-state index in [1.807, 2.05) is 0 Å². The highest BCUT2D eigenvalue weighted by Gasteiger charge is 2.26. The van der Waals surface area contributed by atoms with Crippen molar-refractivity contribution in [2.75, 3.05) is 40.5 Å². The molecule has 8 nitrogen and oxygen atoms in total. The van der Waals surface area contributed by atoms with Crippen molar-refractivity contribution in [3.8, 4) is 11.5 Å². The molecule has 0 saturated carbocycles. The summed E-state index contributed by atoms with van der Waals surface area (Å²) in [5.74, 6) is 0.446. The molecule has 2 amide bonds. The lowest BCUT2D eigenvalue weighted by Crippen LogP contribution is -2.44. The summed E-state index contributed by atoms with van der Waals surface area (Å²) in [6.45, 7) is 4.92. The first-order chi connectivity index (χ1) is 13.3. The average molecular weight is 392 g/mol. The second-order valence-electron chi connectivity index (χ2n) is 7.16. The van der Waals surface area contributed by atoms with Crippen LogP contribution in [0.15, 0.2) is 18.2 Å². The molecule has 1 N–H and O–H groups in total. The zero-order valence-electron chi connectivity index (χ0n) is 16.8. The summed E-state index contributed by atoms with van der Waals surface area (Å²) < 4.78 is 15.3. The van der Waals surface area contributed by atoms with Crippen molar-refractivity contribution in [3.63, 3.8) is 0 Å². The summed E-state index contributed by atoms with van der Waals surface area (Å²) in [6.07, 6.45) is 1.09. The van der Waals surface area contributed by atoms with Crippen LogP contribution in [0.1, 0.15) is 30.6 Å². The van der Waals surface area contributed by atoms with Crippen molar-refractivity contribution in [2.24, 2.45) is 11.8 Å². The largest absolute Gasteiger partial charge is 0.493 e. The van der Waals surface area contributed by atoms with Gasteiger partial charge in [-0.25, -0.2) is 0 Å². The second kappa shape index (κ2) is 9.96. The van der Waals surface area contributed by atoms with E-state index in [0.717, 1.165) is 6.42 Å². The predicted octanol–water partition coefficient (Wildman–Crippen LogP) is 1.48. The van der Waals surface area contributed by atoms with E-state index in [1.54, 1.807) is 17.0 Å². The number of esters is 1. The number of nitrogens with zero attached hydrogens (tertiary/aromatic N) is 1. The van der Waals surface area contributed by atoms with Crippen molar-refractivity contribution >= 4 is 17.8 Å². The molecular weight excluding hydrogens is 364 g/mol. The van der Waals surface area contributed by atoms with Crippen LogP contribution in [-0.4, -0.2) is 63.1 Å². The third kappa shape index (κ3) is 5.87. The number of hydrogen-bond acceptors (Lipinski definition) is 6.